The van der Waals surface area contributed by atoms with Crippen LogP contribution in [-0.4, -0.2) is 58.0 Å². The van der Waals surface area contributed by atoms with Crippen LogP contribution in [0.4, 0.5) is 0 Å². The number of carboxylic acid groups (broad SMARTS) is 1. The van der Waals surface area contributed by atoms with Crippen molar-refractivity contribution < 1.29 is 19.5 Å². The molecule has 0 radical (unpaired) electrons. The van der Waals surface area contributed by atoms with Crippen molar-refractivity contribution in [2.24, 2.45) is 5.41 Å². The first-order valence-corrected chi connectivity index (χ1v) is 14.9. The fourth-order valence-electron chi connectivity index (χ4n) is 6.35. The molecule has 0 saturated carbocycles. The molecule has 0 bridgehead atoms. The molecule has 2 heterocycles. The topological polar surface area (TPSA) is 103 Å². The molecule has 9 heteroatoms. The number of hydrogen-bond acceptors (Lipinski definition) is 6. The number of aryl methyl sites for hydroxylation is 1. The fraction of sp³-hybridized carbons (Fsp3) is 0.419. The van der Waals surface area contributed by atoms with Gasteiger partial charge in [-0.15, -0.1) is 11.3 Å². The molecule has 1 saturated heterocycles. The number of carbonyl (C=O) groups excluding carboxylic acids is 2. The summed E-state index contributed by atoms with van der Waals surface area (Å²) in [6, 6.07) is 17.4. The monoisotopic (exact) mass is 562 g/mol. The molecule has 4 rings (SSSR count). The molecule has 0 aliphatic carbocycles. The van der Waals surface area contributed by atoms with E-state index in [0.717, 1.165) is 5.56 Å². The van der Waals surface area contributed by atoms with Crippen LogP contribution in [0, 0.1) is 5.41 Å². The van der Waals surface area contributed by atoms with Crippen molar-refractivity contribution >= 4 is 29.1 Å². The third kappa shape index (κ3) is 5.04. The molecular formula is C31H38N4O4S. The minimum atomic E-state index is -1.71. The van der Waals surface area contributed by atoms with Gasteiger partial charge in [-0.2, -0.15) is 5.01 Å². The number of benzene rings is 2. The molecule has 2 aromatic carbocycles. The van der Waals surface area contributed by atoms with E-state index in [0.29, 0.717) is 42.5 Å². The van der Waals surface area contributed by atoms with Gasteiger partial charge in [0, 0.05) is 37.5 Å². The van der Waals surface area contributed by atoms with Gasteiger partial charge in [0.05, 0.1) is 11.2 Å². The van der Waals surface area contributed by atoms with Crippen LogP contribution < -0.4 is 5.32 Å². The third-order valence-electron chi connectivity index (χ3n) is 8.07. The molecule has 2 atom stereocenters. The van der Waals surface area contributed by atoms with Gasteiger partial charge in [0.15, 0.2) is 5.54 Å². The number of nitrogens with one attached hydrogen (secondary N) is 1. The zero-order valence-electron chi connectivity index (χ0n) is 23.4. The van der Waals surface area contributed by atoms with Gasteiger partial charge in [0.1, 0.15) is 5.41 Å². The van der Waals surface area contributed by atoms with Crippen LogP contribution >= 0.6 is 11.3 Å². The summed E-state index contributed by atoms with van der Waals surface area (Å²) in [5.74, 6) is -1.61. The van der Waals surface area contributed by atoms with Crippen molar-refractivity contribution in [2.45, 2.75) is 57.9 Å². The highest BCUT2D eigenvalue weighted by molar-refractivity contribution is 7.07. The van der Waals surface area contributed by atoms with Gasteiger partial charge >= 0.3 is 5.97 Å². The first-order valence-electron chi connectivity index (χ1n) is 13.9. The zero-order chi connectivity index (χ0) is 28.8. The highest BCUT2D eigenvalue weighted by atomic mass is 32.1. The van der Waals surface area contributed by atoms with E-state index in [1.165, 1.54) is 18.4 Å². The van der Waals surface area contributed by atoms with Crippen LogP contribution in [0.1, 0.15) is 57.1 Å². The Labute approximate surface area is 240 Å². The summed E-state index contributed by atoms with van der Waals surface area (Å²) in [5, 5.41) is 19.2. The maximum absolute atomic E-state index is 14.5. The van der Waals surface area contributed by atoms with Crippen molar-refractivity contribution in [2.75, 3.05) is 20.1 Å². The summed E-state index contributed by atoms with van der Waals surface area (Å²) >= 11 is 1.43. The first-order chi connectivity index (χ1) is 19.4. The van der Waals surface area contributed by atoms with Crippen molar-refractivity contribution in [3.63, 3.8) is 0 Å². The van der Waals surface area contributed by atoms with Crippen LogP contribution in [0.3, 0.4) is 0 Å². The molecule has 0 unspecified atom stereocenters. The quantitative estimate of drug-likeness (QED) is 0.337. The fourth-order valence-corrected chi connectivity index (χ4v) is 6.90. The van der Waals surface area contributed by atoms with Gasteiger partial charge in [-0.25, -0.2) is 4.98 Å². The largest absolute Gasteiger partial charge is 0.481 e. The number of likely N-dealkylation sites (N-methyl/N-ethyl adjacent to an activating group) is 2. The first kappa shape index (κ1) is 29.4. The SMILES string of the molecule is CCCC(=O)N1CC[C@](CCCc2ccccc2)(C(=O)O)[C@](C(=O)NC)(c2ccccc2-c2cscn2)N1CC. The molecule has 3 aromatic rings. The molecule has 1 aliphatic rings. The standard InChI is InChI=1S/C31H38N4O4S/c1-4-12-27(36)34-20-19-30(29(38)39,18-11-15-23-13-7-6-8-14-23)31(28(37)32-3,35(34)5-2)25-17-10-9-16-24(25)26-21-40-22-33-26/h6-10,13-14,16-17,21-22H,4-5,11-12,15,18-20H2,1-3H3,(H,32,37)(H,38,39)/t30-,31-/m1/s1. The molecule has 1 fully saturated rings. The van der Waals surface area contributed by atoms with Gasteiger partial charge < -0.3 is 10.4 Å². The van der Waals surface area contributed by atoms with E-state index in [2.05, 4.69) is 10.3 Å². The molecule has 40 heavy (non-hydrogen) atoms. The Kier molecular flexibility index (Phi) is 9.37. The Hall–Kier alpha value is -3.56. The Balaban J connectivity index is 1.99. The van der Waals surface area contributed by atoms with E-state index >= 15 is 0 Å². The van der Waals surface area contributed by atoms with Gasteiger partial charge in [-0.3, -0.25) is 19.4 Å². The van der Waals surface area contributed by atoms with Crippen LogP contribution in [-0.2, 0) is 26.3 Å². The molecule has 2 N–H and O–H groups in total. The predicted molar refractivity (Wildman–Crippen MR) is 156 cm³/mol. The third-order valence-corrected chi connectivity index (χ3v) is 8.66. The molecule has 212 valence electrons. The normalized spacial score (nSPS) is 21.2. The van der Waals surface area contributed by atoms with Crippen LogP contribution in [0.5, 0.6) is 0 Å². The van der Waals surface area contributed by atoms with Crippen molar-refractivity contribution in [3.8, 4) is 11.3 Å². The van der Waals surface area contributed by atoms with Gasteiger partial charge in [0.25, 0.3) is 0 Å². The average Bonchev–Trinajstić information content (AvgIpc) is 3.52. The lowest BCUT2D eigenvalue weighted by atomic mass is 9.58. The van der Waals surface area contributed by atoms with E-state index in [9.17, 15) is 19.5 Å². The Morgan fingerprint density at radius 3 is 2.42 bits per heavy atom. The number of thiazole rings is 1. The summed E-state index contributed by atoms with van der Waals surface area (Å²) in [6.07, 6.45) is 2.59. The van der Waals surface area contributed by atoms with Crippen LogP contribution in [0.25, 0.3) is 11.3 Å². The lowest BCUT2D eigenvalue weighted by Gasteiger charge is -2.59. The van der Waals surface area contributed by atoms with E-state index in [1.54, 1.807) is 15.5 Å². The molecule has 0 spiro atoms. The number of aliphatic carboxylic acids is 1. The number of rotatable bonds is 11. The average molecular weight is 563 g/mol. The number of carbonyl (C=O) groups is 3. The van der Waals surface area contributed by atoms with Crippen LogP contribution in [0.2, 0.25) is 0 Å². The second kappa shape index (κ2) is 12.7. The smallest absolute Gasteiger partial charge is 0.312 e. The summed E-state index contributed by atoms with van der Waals surface area (Å²) in [7, 11) is 1.53. The van der Waals surface area contributed by atoms with Gasteiger partial charge in [-0.05, 0) is 43.2 Å². The lowest BCUT2D eigenvalue weighted by Crippen LogP contribution is -2.75. The molecule has 1 aliphatic heterocycles. The zero-order valence-corrected chi connectivity index (χ0v) is 24.2. The van der Waals surface area contributed by atoms with Crippen molar-refractivity contribution in [1.82, 2.24) is 20.3 Å². The lowest BCUT2D eigenvalue weighted by molar-refractivity contribution is -0.221. The van der Waals surface area contributed by atoms with E-state index in [4.69, 9.17) is 0 Å². The van der Waals surface area contributed by atoms with E-state index in [-0.39, 0.29) is 31.8 Å². The number of nitrogens with zero attached hydrogens (tertiary/aromatic N) is 3. The van der Waals surface area contributed by atoms with E-state index in [1.807, 2.05) is 73.8 Å². The maximum Gasteiger partial charge on any atom is 0.312 e. The Morgan fingerprint density at radius 1 is 1.07 bits per heavy atom. The number of hydrogen-bond donors (Lipinski definition) is 2. The van der Waals surface area contributed by atoms with Gasteiger partial charge in [0.2, 0.25) is 11.8 Å². The Bertz CT molecular complexity index is 1320. The molecule has 1 aromatic heterocycles. The summed E-state index contributed by atoms with van der Waals surface area (Å²) in [5.41, 5.74) is 1.49. The minimum absolute atomic E-state index is 0.118. The highest BCUT2D eigenvalue weighted by Gasteiger charge is 2.68. The second-order valence-electron chi connectivity index (χ2n) is 10.2. The molecular weight excluding hydrogens is 524 g/mol. The number of aromatic nitrogens is 1. The summed E-state index contributed by atoms with van der Waals surface area (Å²) in [4.78, 5) is 46.2. The van der Waals surface area contributed by atoms with Crippen molar-refractivity contribution in [1.29, 1.82) is 0 Å². The number of hydrazine groups is 1. The highest BCUT2D eigenvalue weighted by Crippen LogP contribution is 2.56. The van der Waals surface area contributed by atoms with Crippen LogP contribution in [0.15, 0.2) is 65.5 Å². The molecule has 8 nitrogen and oxygen atoms in total. The number of carboxylic acids is 1. The minimum Gasteiger partial charge on any atom is -0.481 e. The summed E-state index contributed by atoms with van der Waals surface area (Å²) < 4.78 is 0. The second-order valence-corrected chi connectivity index (χ2v) is 10.9. The van der Waals surface area contributed by atoms with Crippen molar-refractivity contribution in [3.05, 3.63) is 76.6 Å². The predicted octanol–water partition coefficient (Wildman–Crippen LogP) is 5.11. The van der Waals surface area contributed by atoms with Gasteiger partial charge in [-0.1, -0.05) is 68.4 Å². The van der Waals surface area contributed by atoms with E-state index < -0.39 is 22.8 Å². The number of amides is 2. The Morgan fingerprint density at radius 2 is 1.80 bits per heavy atom. The summed E-state index contributed by atoms with van der Waals surface area (Å²) in [6.45, 7) is 4.30. The maximum atomic E-state index is 14.5. The molecule has 2 amide bonds.